The number of carbonyl (C=O) groups excluding carboxylic acids is 2. The average molecular weight is 332 g/mol. The molecule has 0 fully saturated rings. The molecule has 1 N–H and O–H groups in total. The van der Waals surface area contributed by atoms with Gasteiger partial charge in [0.05, 0.1) is 0 Å². The second-order valence-corrected chi connectivity index (χ2v) is 5.51. The molecule has 4 nitrogen and oxygen atoms in total. The Morgan fingerprint density at radius 3 is 2.17 bits per heavy atom. The van der Waals surface area contributed by atoms with E-state index in [1.54, 1.807) is 55.6 Å². The molecule has 0 aliphatic heterocycles. The molecule has 0 spiro atoms. The van der Waals surface area contributed by atoms with Crippen molar-refractivity contribution in [2.45, 2.75) is 19.1 Å². The Labute approximate surface area is 140 Å². The van der Waals surface area contributed by atoms with Crippen molar-refractivity contribution in [3.63, 3.8) is 0 Å². The van der Waals surface area contributed by atoms with Crippen molar-refractivity contribution in [3.8, 4) is 0 Å². The molecular formula is C18H18ClNO3. The van der Waals surface area contributed by atoms with E-state index in [1.807, 2.05) is 6.07 Å². The van der Waals surface area contributed by atoms with Crippen LogP contribution in [0.2, 0.25) is 5.02 Å². The van der Waals surface area contributed by atoms with Crippen molar-refractivity contribution in [3.05, 3.63) is 70.7 Å². The highest BCUT2D eigenvalue weighted by Crippen LogP contribution is 2.25. The van der Waals surface area contributed by atoms with Gasteiger partial charge in [0.2, 0.25) is 0 Å². The number of nitrogens with one attached hydrogen (secondary N) is 1. The van der Waals surface area contributed by atoms with Gasteiger partial charge in [-0.1, -0.05) is 54.1 Å². The molecule has 0 aliphatic rings. The van der Waals surface area contributed by atoms with Crippen molar-refractivity contribution in [2.24, 2.45) is 0 Å². The van der Waals surface area contributed by atoms with Crippen LogP contribution in [0.3, 0.4) is 0 Å². The molecule has 0 radical (unpaired) electrons. The minimum Gasteiger partial charge on any atom is -0.455 e. The van der Waals surface area contributed by atoms with Gasteiger partial charge in [0.1, 0.15) is 12.1 Å². The minimum absolute atomic E-state index is 0.144. The fourth-order valence-electron chi connectivity index (χ4n) is 2.36. The molecule has 2 atom stereocenters. The number of ether oxygens (including phenoxy) is 1. The minimum atomic E-state index is -0.734. The van der Waals surface area contributed by atoms with E-state index in [2.05, 4.69) is 5.32 Å². The van der Waals surface area contributed by atoms with Gasteiger partial charge in [-0.25, -0.2) is 0 Å². The fraction of sp³-hybridized carbons (Fsp3) is 0.222. The summed E-state index contributed by atoms with van der Waals surface area (Å²) in [5.74, 6) is -0.597. The third kappa shape index (κ3) is 4.41. The van der Waals surface area contributed by atoms with Gasteiger partial charge in [-0.05, 0) is 24.7 Å². The van der Waals surface area contributed by atoms with Crippen molar-refractivity contribution < 1.29 is 14.3 Å². The van der Waals surface area contributed by atoms with Gasteiger partial charge in [-0.15, -0.1) is 0 Å². The van der Waals surface area contributed by atoms with Crippen LogP contribution < -0.4 is 5.32 Å². The highest BCUT2D eigenvalue weighted by atomic mass is 35.5. The molecule has 0 bridgehead atoms. The van der Waals surface area contributed by atoms with Crippen LogP contribution in [0, 0.1) is 0 Å². The van der Waals surface area contributed by atoms with E-state index in [1.165, 1.54) is 6.92 Å². The number of carbonyl (C=O) groups is 2. The highest BCUT2D eigenvalue weighted by molar-refractivity contribution is 6.30. The summed E-state index contributed by atoms with van der Waals surface area (Å²) in [5, 5.41) is 3.53. The van der Waals surface area contributed by atoms with Crippen molar-refractivity contribution in [2.75, 3.05) is 7.05 Å². The van der Waals surface area contributed by atoms with Gasteiger partial charge in [0.15, 0.2) is 5.78 Å². The second-order valence-electron chi connectivity index (χ2n) is 5.08. The maximum absolute atomic E-state index is 12.8. The van der Waals surface area contributed by atoms with Gasteiger partial charge in [-0.2, -0.15) is 0 Å². The van der Waals surface area contributed by atoms with E-state index in [9.17, 15) is 9.59 Å². The first-order chi connectivity index (χ1) is 11.0. The Morgan fingerprint density at radius 1 is 1.04 bits per heavy atom. The molecule has 0 amide bonds. The second kappa shape index (κ2) is 7.90. The maximum atomic E-state index is 12.8. The summed E-state index contributed by atoms with van der Waals surface area (Å²) in [6.07, 6.45) is -0.734. The molecule has 0 heterocycles. The highest BCUT2D eigenvalue weighted by Gasteiger charge is 2.31. The Bertz CT molecular complexity index is 670. The third-order valence-corrected chi connectivity index (χ3v) is 3.70. The number of hydrogen-bond acceptors (Lipinski definition) is 4. The number of benzene rings is 2. The average Bonchev–Trinajstić information content (AvgIpc) is 2.55. The molecule has 2 aromatic rings. The summed E-state index contributed by atoms with van der Waals surface area (Å²) in [5.41, 5.74) is 1.26. The molecule has 120 valence electrons. The van der Waals surface area contributed by atoms with Gasteiger partial charge in [0, 0.05) is 17.5 Å². The first kappa shape index (κ1) is 17.2. The van der Waals surface area contributed by atoms with E-state index in [0.717, 1.165) is 0 Å². The van der Waals surface area contributed by atoms with Gasteiger partial charge in [0.25, 0.3) is 0 Å². The maximum Gasteiger partial charge on any atom is 0.303 e. The number of rotatable bonds is 6. The predicted molar refractivity (Wildman–Crippen MR) is 89.6 cm³/mol. The molecule has 0 aromatic heterocycles. The van der Waals surface area contributed by atoms with E-state index in [4.69, 9.17) is 16.3 Å². The van der Waals surface area contributed by atoms with Crippen LogP contribution in [0.25, 0.3) is 0 Å². The summed E-state index contributed by atoms with van der Waals surface area (Å²) in [4.78, 5) is 24.2. The van der Waals surface area contributed by atoms with Crippen molar-refractivity contribution in [1.82, 2.24) is 5.32 Å². The lowest BCUT2D eigenvalue weighted by Crippen LogP contribution is -2.41. The molecule has 2 aromatic carbocycles. The third-order valence-electron chi connectivity index (χ3n) is 3.45. The standard InChI is InChI=1S/C18H18ClNO3/c1-12(21)23-18(14-8-10-15(19)11-9-14)16(20-2)17(22)13-6-4-3-5-7-13/h3-11,16,18,20H,1-2H3/t16-,18+/m0/s1. The molecule has 0 unspecified atom stereocenters. The first-order valence-electron chi connectivity index (χ1n) is 7.22. The van der Waals surface area contributed by atoms with E-state index in [-0.39, 0.29) is 5.78 Å². The lowest BCUT2D eigenvalue weighted by atomic mass is 9.95. The predicted octanol–water partition coefficient (Wildman–Crippen LogP) is 3.42. The molecule has 0 aliphatic carbocycles. The molecule has 5 heteroatoms. The Morgan fingerprint density at radius 2 is 1.65 bits per heavy atom. The summed E-state index contributed by atoms with van der Waals surface area (Å²) in [7, 11) is 1.66. The van der Waals surface area contributed by atoms with Crippen LogP contribution in [-0.2, 0) is 9.53 Å². The van der Waals surface area contributed by atoms with Crippen molar-refractivity contribution >= 4 is 23.4 Å². The zero-order chi connectivity index (χ0) is 16.8. The first-order valence-corrected chi connectivity index (χ1v) is 7.60. The van der Waals surface area contributed by atoms with Crippen LogP contribution in [0.5, 0.6) is 0 Å². The Balaban J connectivity index is 2.37. The normalized spacial score (nSPS) is 13.2. The molecular weight excluding hydrogens is 314 g/mol. The number of Topliss-reactive ketones (excluding diaryl/α,β-unsaturated/α-hetero) is 1. The van der Waals surface area contributed by atoms with E-state index >= 15 is 0 Å². The fourth-order valence-corrected chi connectivity index (χ4v) is 2.49. The Kier molecular flexibility index (Phi) is 5.90. The van der Waals surface area contributed by atoms with Crippen molar-refractivity contribution in [1.29, 1.82) is 0 Å². The van der Waals surface area contributed by atoms with Crippen LogP contribution in [0.1, 0.15) is 28.9 Å². The number of ketones is 1. The zero-order valence-corrected chi connectivity index (χ0v) is 13.7. The summed E-state index contributed by atoms with van der Waals surface area (Å²) in [6, 6.07) is 15.1. The smallest absolute Gasteiger partial charge is 0.303 e. The SMILES string of the molecule is CN[C@@H](C(=O)c1ccccc1)[C@H](OC(C)=O)c1ccc(Cl)cc1. The van der Waals surface area contributed by atoms with E-state index < -0.39 is 18.1 Å². The monoisotopic (exact) mass is 331 g/mol. The van der Waals surface area contributed by atoms with Crippen LogP contribution in [0.15, 0.2) is 54.6 Å². The zero-order valence-electron chi connectivity index (χ0n) is 13.0. The summed E-state index contributed by atoms with van der Waals surface area (Å²) >= 11 is 5.90. The molecule has 0 saturated carbocycles. The lowest BCUT2D eigenvalue weighted by Gasteiger charge is -2.26. The van der Waals surface area contributed by atoms with Gasteiger partial charge >= 0.3 is 5.97 Å². The summed E-state index contributed by atoms with van der Waals surface area (Å²) in [6.45, 7) is 1.32. The topological polar surface area (TPSA) is 55.4 Å². The quantitative estimate of drug-likeness (QED) is 0.651. The lowest BCUT2D eigenvalue weighted by molar-refractivity contribution is -0.147. The number of esters is 1. The largest absolute Gasteiger partial charge is 0.455 e. The van der Waals surface area contributed by atoms with Crippen LogP contribution in [-0.4, -0.2) is 24.8 Å². The number of hydrogen-bond donors (Lipinski definition) is 1. The number of likely N-dealkylation sites (N-methyl/N-ethyl adjacent to an activating group) is 1. The molecule has 0 saturated heterocycles. The van der Waals surface area contributed by atoms with Crippen LogP contribution in [0.4, 0.5) is 0 Å². The number of halogens is 1. The van der Waals surface area contributed by atoms with E-state index in [0.29, 0.717) is 16.1 Å². The van der Waals surface area contributed by atoms with Crippen LogP contribution >= 0.6 is 11.6 Å². The Hall–Kier alpha value is -2.17. The molecule has 23 heavy (non-hydrogen) atoms. The van der Waals surface area contributed by atoms with Gasteiger partial charge < -0.3 is 10.1 Å². The summed E-state index contributed by atoms with van der Waals surface area (Å²) < 4.78 is 5.41. The van der Waals surface area contributed by atoms with Gasteiger partial charge in [-0.3, -0.25) is 9.59 Å². The molecule has 2 rings (SSSR count).